The van der Waals surface area contributed by atoms with Gasteiger partial charge in [-0.2, -0.15) is 18.7 Å². The maximum absolute atomic E-state index is 12.1. The first-order valence-electron chi connectivity index (χ1n) is 7.86. The number of rotatable bonds is 1. The second-order valence-corrected chi connectivity index (χ2v) is 7.86. The molecule has 0 spiro atoms. The second-order valence-electron chi connectivity index (χ2n) is 6.40. The summed E-state index contributed by atoms with van der Waals surface area (Å²) < 4.78 is 33.7. The van der Waals surface area contributed by atoms with Crippen LogP contribution in [0.1, 0.15) is 35.5 Å². The van der Waals surface area contributed by atoms with E-state index in [0.29, 0.717) is 17.7 Å². The number of amides is 1. The fourth-order valence-electron chi connectivity index (χ4n) is 2.76. The molecule has 0 fully saturated rings. The topological polar surface area (TPSA) is 174 Å². The van der Waals surface area contributed by atoms with E-state index >= 15 is 0 Å². The minimum Gasteiger partial charge on any atom is -0.479 e. The van der Waals surface area contributed by atoms with E-state index < -0.39 is 21.6 Å². The van der Waals surface area contributed by atoms with Crippen molar-refractivity contribution in [1.29, 1.82) is 5.26 Å². The van der Waals surface area contributed by atoms with Crippen molar-refractivity contribution in [2.45, 2.75) is 19.4 Å². The van der Waals surface area contributed by atoms with Gasteiger partial charge in [-0.1, -0.05) is 0 Å². The summed E-state index contributed by atoms with van der Waals surface area (Å²) in [6.07, 6.45) is 2.54. The molecule has 3 rings (SSSR count). The van der Waals surface area contributed by atoms with Gasteiger partial charge in [0.15, 0.2) is 5.96 Å². The molecule has 1 aromatic heterocycles. The lowest BCUT2D eigenvalue weighted by molar-refractivity contribution is 0.0922. The molecule has 11 heteroatoms. The third-order valence-electron chi connectivity index (χ3n) is 3.69. The number of carbonyl (C=O) groups excluding carboxylic acids is 1. The van der Waals surface area contributed by atoms with Crippen LogP contribution in [0.15, 0.2) is 35.5 Å². The number of guanidine groups is 1. The molecule has 0 radical (unpaired) electrons. The van der Waals surface area contributed by atoms with Crippen LogP contribution in [0, 0.1) is 11.3 Å². The van der Waals surface area contributed by atoms with Crippen molar-refractivity contribution in [3.8, 4) is 17.5 Å². The quantitative estimate of drug-likeness (QED) is 0.356. The third kappa shape index (κ3) is 4.48. The fraction of sp³-hybridized carbons (Fsp3) is 0.235. The number of aliphatic imine (C=N–C) groups is 1. The van der Waals surface area contributed by atoms with Crippen LogP contribution >= 0.6 is 0 Å². The lowest BCUT2D eigenvalue weighted by Crippen LogP contribution is -2.33. The summed E-state index contributed by atoms with van der Waals surface area (Å²) in [5.41, 5.74) is 11.7. The van der Waals surface area contributed by atoms with E-state index in [1.165, 1.54) is 6.07 Å². The molecular formula is C17H19N5O5S. The number of nitrogens with zero attached hydrogens (tertiary/aromatic N) is 3. The summed E-state index contributed by atoms with van der Waals surface area (Å²) in [4.78, 5) is 15.7. The molecule has 2 heterocycles. The number of nitrogens with two attached hydrogens (primary N) is 2. The van der Waals surface area contributed by atoms with Gasteiger partial charge in [-0.05, 0) is 38.1 Å². The summed E-state index contributed by atoms with van der Waals surface area (Å²) in [5, 5.41) is 9.57. The molecule has 148 valence electrons. The van der Waals surface area contributed by atoms with Gasteiger partial charge in [0, 0.05) is 6.20 Å². The number of hydrogen-bond donors (Lipinski definition) is 3. The van der Waals surface area contributed by atoms with Gasteiger partial charge in [-0.3, -0.25) is 9.35 Å². The van der Waals surface area contributed by atoms with E-state index in [0.717, 1.165) is 5.69 Å². The minimum absolute atomic E-state index is 0.127. The maximum atomic E-state index is 12.1. The average Bonchev–Trinajstić information content (AvgIpc) is 3.01. The molecule has 0 saturated heterocycles. The van der Waals surface area contributed by atoms with Crippen LogP contribution < -0.4 is 16.2 Å². The molecule has 0 unspecified atom stereocenters. The summed E-state index contributed by atoms with van der Waals surface area (Å²) in [6.45, 7) is 3.87. The predicted octanol–water partition coefficient (Wildman–Crippen LogP) is 0.894. The van der Waals surface area contributed by atoms with Crippen LogP contribution in [0.25, 0.3) is 5.69 Å². The average molecular weight is 405 g/mol. The summed E-state index contributed by atoms with van der Waals surface area (Å²) in [7, 11) is -3.67. The Morgan fingerprint density at radius 2 is 1.93 bits per heavy atom. The highest BCUT2D eigenvalue weighted by atomic mass is 32.2. The Morgan fingerprint density at radius 1 is 1.32 bits per heavy atom. The van der Waals surface area contributed by atoms with Gasteiger partial charge in [0.25, 0.3) is 16.0 Å². The standard InChI is InChI=1S/C16H15N5O2.CH4O3S/c1-16(2)12-4-3-7-21(12)13-10(8-17)9(5-6-11(13)23-16)14(22)20-15(18)19;1-5(2,3)4/h3-7H,1-2H3,(H4,18,19,20,22);1H3,(H,2,3,4). The van der Waals surface area contributed by atoms with E-state index in [1.807, 2.05) is 36.7 Å². The molecule has 1 amide bonds. The second kappa shape index (κ2) is 7.34. The van der Waals surface area contributed by atoms with E-state index in [1.54, 1.807) is 6.07 Å². The molecule has 0 aliphatic carbocycles. The molecule has 0 saturated carbocycles. The van der Waals surface area contributed by atoms with Crippen molar-refractivity contribution < 1.29 is 22.5 Å². The zero-order valence-electron chi connectivity index (χ0n) is 15.4. The Bertz CT molecular complexity index is 1100. The normalized spacial score (nSPS) is 13.5. The van der Waals surface area contributed by atoms with Gasteiger partial charge < -0.3 is 20.8 Å². The largest absolute Gasteiger partial charge is 0.479 e. The first kappa shape index (κ1) is 20.9. The monoisotopic (exact) mass is 405 g/mol. The van der Waals surface area contributed by atoms with Crippen LogP contribution in [0.3, 0.4) is 0 Å². The van der Waals surface area contributed by atoms with Crippen molar-refractivity contribution >= 4 is 22.0 Å². The number of nitriles is 1. The minimum atomic E-state index is -3.67. The number of aromatic nitrogens is 1. The van der Waals surface area contributed by atoms with Gasteiger partial charge in [-0.15, -0.1) is 0 Å². The van der Waals surface area contributed by atoms with E-state index in [4.69, 9.17) is 20.8 Å². The predicted molar refractivity (Wildman–Crippen MR) is 102 cm³/mol. The molecule has 28 heavy (non-hydrogen) atoms. The smallest absolute Gasteiger partial charge is 0.281 e. The number of benzene rings is 1. The zero-order chi connectivity index (χ0) is 21.3. The first-order chi connectivity index (χ1) is 12.8. The Balaban J connectivity index is 0.000000500. The van der Waals surface area contributed by atoms with E-state index in [-0.39, 0.29) is 17.1 Å². The summed E-state index contributed by atoms with van der Waals surface area (Å²) in [5.74, 6) is -0.491. The molecule has 1 aliphatic heterocycles. The molecule has 5 N–H and O–H groups in total. The molecule has 2 aromatic rings. The highest BCUT2D eigenvalue weighted by molar-refractivity contribution is 7.85. The summed E-state index contributed by atoms with van der Waals surface area (Å²) in [6, 6.07) is 8.98. The lowest BCUT2D eigenvalue weighted by Gasteiger charge is -2.34. The number of carbonyl (C=O) groups is 1. The van der Waals surface area contributed by atoms with Crippen molar-refractivity contribution in [2.75, 3.05) is 6.26 Å². The Kier molecular flexibility index (Phi) is 5.49. The molecule has 0 bridgehead atoms. The molecule has 0 atom stereocenters. The Labute approximate surface area is 161 Å². The summed E-state index contributed by atoms with van der Waals surface area (Å²) >= 11 is 0. The van der Waals surface area contributed by atoms with Crippen molar-refractivity contribution in [3.05, 3.63) is 47.3 Å². The van der Waals surface area contributed by atoms with Crippen LogP contribution in [0.2, 0.25) is 0 Å². The number of ether oxygens (including phenoxy) is 1. The van der Waals surface area contributed by atoms with Crippen molar-refractivity contribution in [1.82, 2.24) is 4.57 Å². The van der Waals surface area contributed by atoms with Crippen LogP contribution in [-0.2, 0) is 15.7 Å². The first-order valence-corrected chi connectivity index (χ1v) is 9.70. The van der Waals surface area contributed by atoms with Gasteiger partial charge in [-0.25, -0.2) is 0 Å². The SMILES string of the molecule is CC1(C)Oc2ccc(C(=O)N=C(N)N)c(C#N)c2-n2cccc21.CS(=O)(=O)O. The molecule has 10 nitrogen and oxygen atoms in total. The van der Waals surface area contributed by atoms with Gasteiger partial charge in [0.2, 0.25) is 0 Å². The molecule has 1 aromatic carbocycles. The fourth-order valence-corrected chi connectivity index (χ4v) is 2.76. The maximum Gasteiger partial charge on any atom is 0.281 e. The van der Waals surface area contributed by atoms with Crippen molar-refractivity contribution in [2.24, 2.45) is 16.5 Å². The lowest BCUT2D eigenvalue weighted by atomic mass is 9.98. The number of hydrogen-bond acceptors (Lipinski definition) is 5. The van der Waals surface area contributed by atoms with Crippen LogP contribution in [0.4, 0.5) is 0 Å². The van der Waals surface area contributed by atoms with E-state index in [2.05, 4.69) is 11.1 Å². The van der Waals surface area contributed by atoms with Gasteiger partial charge >= 0.3 is 0 Å². The van der Waals surface area contributed by atoms with Crippen LogP contribution in [-0.4, -0.2) is 35.7 Å². The Morgan fingerprint density at radius 3 is 2.46 bits per heavy atom. The Hall–Kier alpha value is -3.36. The highest BCUT2D eigenvalue weighted by Gasteiger charge is 2.35. The zero-order valence-corrected chi connectivity index (χ0v) is 16.2. The number of fused-ring (bicyclic) bond motifs is 3. The van der Waals surface area contributed by atoms with Gasteiger partial charge in [0.05, 0.1) is 23.1 Å². The highest BCUT2D eigenvalue weighted by Crippen LogP contribution is 2.41. The van der Waals surface area contributed by atoms with Crippen molar-refractivity contribution in [3.63, 3.8) is 0 Å². The third-order valence-corrected chi connectivity index (χ3v) is 3.69. The van der Waals surface area contributed by atoms with Gasteiger partial charge in [0.1, 0.15) is 23.1 Å². The molecule has 1 aliphatic rings. The molecular weight excluding hydrogens is 386 g/mol. The van der Waals surface area contributed by atoms with E-state index in [9.17, 15) is 18.5 Å². The van der Waals surface area contributed by atoms with Crippen LogP contribution in [0.5, 0.6) is 5.75 Å².